The summed E-state index contributed by atoms with van der Waals surface area (Å²) in [5, 5.41) is 15.6. The Bertz CT molecular complexity index is 1160. The molecule has 0 radical (unpaired) electrons. The van der Waals surface area contributed by atoms with E-state index < -0.39 is 5.56 Å². The first-order valence-corrected chi connectivity index (χ1v) is 10.7. The molecule has 7 nitrogen and oxygen atoms in total. The molecule has 1 aromatic heterocycles. The van der Waals surface area contributed by atoms with E-state index in [1.54, 1.807) is 36.4 Å². The number of hydrogen-bond donors (Lipinski definition) is 3. The highest BCUT2D eigenvalue weighted by atomic mass is 35.5. The molecule has 32 heavy (non-hydrogen) atoms. The Labute approximate surface area is 191 Å². The molecule has 162 valence electrons. The van der Waals surface area contributed by atoms with Crippen LogP contribution in [0, 0.1) is 23.5 Å². The molecule has 1 heterocycles. The van der Waals surface area contributed by atoms with Crippen molar-refractivity contribution in [2.24, 2.45) is 0 Å². The number of unbranched alkanes of at least 4 members (excludes halogenated alkanes) is 3. The van der Waals surface area contributed by atoms with Crippen LogP contribution in [-0.4, -0.2) is 15.9 Å². The number of carbonyl (C=O) groups is 1. The molecular formula is C24H22ClN5O2. The van der Waals surface area contributed by atoms with Gasteiger partial charge in [-0.3, -0.25) is 14.6 Å². The van der Waals surface area contributed by atoms with Gasteiger partial charge in [0.25, 0.3) is 5.56 Å². The summed E-state index contributed by atoms with van der Waals surface area (Å²) in [6.45, 7) is 2.13. The summed E-state index contributed by atoms with van der Waals surface area (Å²) in [5.41, 5.74) is 1.28. The van der Waals surface area contributed by atoms with Crippen molar-refractivity contribution in [2.75, 3.05) is 10.6 Å². The van der Waals surface area contributed by atoms with E-state index in [2.05, 4.69) is 39.7 Å². The summed E-state index contributed by atoms with van der Waals surface area (Å²) < 4.78 is 0. The van der Waals surface area contributed by atoms with Gasteiger partial charge >= 0.3 is 0 Å². The second-order valence-electron chi connectivity index (χ2n) is 7.16. The summed E-state index contributed by atoms with van der Waals surface area (Å²) in [6, 6.07) is 17.6. The van der Waals surface area contributed by atoms with Gasteiger partial charge in [-0.2, -0.15) is 5.26 Å². The van der Waals surface area contributed by atoms with Gasteiger partial charge in [0.2, 0.25) is 11.9 Å². The standard InChI is InChI=1S/C24H22ClN5O2/c1-2-3-4-5-6-21(31)27-18-11-7-16(8-12-18)22-20(15-26)23(32)30-24(29-22)28-19-13-9-17(25)10-14-19/h7-9,11-13H,2-6H2,1H3,(H,27,31)(H2,28,29,30,32). The van der Waals surface area contributed by atoms with Crippen molar-refractivity contribution in [3.05, 3.63) is 69.5 Å². The SMILES string of the molecule is CCCCCCC(=O)Nc1ccc(-c2nc(Nc3c#cc(Cl)cc3)[nH]c(=O)c2C#N)cc1. The fourth-order valence-corrected chi connectivity index (χ4v) is 3.17. The normalized spacial score (nSPS) is 10.2. The van der Waals surface area contributed by atoms with Crippen LogP contribution in [0.15, 0.2) is 41.2 Å². The Morgan fingerprint density at radius 2 is 1.94 bits per heavy atom. The zero-order chi connectivity index (χ0) is 22.9. The van der Waals surface area contributed by atoms with Crippen molar-refractivity contribution in [1.82, 2.24) is 9.97 Å². The highest BCUT2D eigenvalue weighted by Crippen LogP contribution is 2.23. The molecule has 2 aromatic carbocycles. The van der Waals surface area contributed by atoms with Crippen LogP contribution in [0.5, 0.6) is 0 Å². The van der Waals surface area contributed by atoms with Crippen LogP contribution in [0.2, 0.25) is 5.02 Å². The quantitative estimate of drug-likeness (QED) is 0.389. The van der Waals surface area contributed by atoms with Crippen molar-refractivity contribution < 1.29 is 4.79 Å². The zero-order valence-electron chi connectivity index (χ0n) is 17.6. The molecule has 0 spiro atoms. The maximum absolute atomic E-state index is 12.4. The summed E-state index contributed by atoms with van der Waals surface area (Å²) in [6.07, 6.45) is 4.62. The number of halogens is 1. The highest BCUT2D eigenvalue weighted by molar-refractivity contribution is 6.30. The lowest BCUT2D eigenvalue weighted by Crippen LogP contribution is -2.16. The number of aromatic nitrogens is 2. The Morgan fingerprint density at radius 3 is 2.59 bits per heavy atom. The average Bonchev–Trinajstić information content (AvgIpc) is 2.78. The summed E-state index contributed by atoms with van der Waals surface area (Å²) in [5.74, 6) is 0.115. The van der Waals surface area contributed by atoms with E-state index in [1.807, 2.05) is 6.07 Å². The first kappa shape index (κ1) is 22.9. The topological polar surface area (TPSA) is 111 Å². The lowest BCUT2D eigenvalue weighted by molar-refractivity contribution is -0.116. The van der Waals surface area contributed by atoms with E-state index in [4.69, 9.17) is 11.6 Å². The monoisotopic (exact) mass is 447 g/mol. The fourth-order valence-electron chi connectivity index (χ4n) is 3.06. The minimum atomic E-state index is -0.567. The van der Waals surface area contributed by atoms with Crippen molar-refractivity contribution in [2.45, 2.75) is 39.0 Å². The maximum Gasteiger partial charge on any atom is 0.270 e. The molecular weight excluding hydrogens is 426 g/mol. The first-order chi connectivity index (χ1) is 15.5. The number of carbonyl (C=O) groups excluding carboxylic acids is 1. The van der Waals surface area contributed by atoms with Gasteiger partial charge in [0, 0.05) is 17.7 Å². The number of amides is 1. The molecule has 0 fully saturated rings. The summed E-state index contributed by atoms with van der Waals surface area (Å²) >= 11 is 5.82. The van der Waals surface area contributed by atoms with E-state index in [1.165, 1.54) is 0 Å². The van der Waals surface area contributed by atoms with Gasteiger partial charge in [-0.25, -0.2) is 4.98 Å². The predicted molar refractivity (Wildman–Crippen MR) is 125 cm³/mol. The van der Waals surface area contributed by atoms with Gasteiger partial charge in [-0.1, -0.05) is 49.9 Å². The van der Waals surface area contributed by atoms with Gasteiger partial charge < -0.3 is 10.6 Å². The highest BCUT2D eigenvalue weighted by Gasteiger charge is 2.14. The van der Waals surface area contributed by atoms with Gasteiger partial charge in [-0.05, 0) is 42.8 Å². The number of nitrogens with zero attached hydrogens (tertiary/aromatic N) is 2. The Kier molecular flexibility index (Phi) is 7.85. The average molecular weight is 448 g/mol. The second-order valence-corrected chi connectivity index (χ2v) is 7.56. The molecule has 3 N–H and O–H groups in total. The Hall–Kier alpha value is -3.81. The number of nitriles is 1. The third-order valence-corrected chi connectivity index (χ3v) is 4.92. The van der Waals surface area contributed by atoms with Crippen molar-refractivity contribution >= 4 is 34.8 Å². The smallest absolute Gasteiger partial charge is 0.270 e. The van der Waals surface area contributed by atoms with Crippen LogP contribution in [0.1, 0.15) is 44.6 Å². The predicted octanol–water partition coefficient (Wildman–Crippen LogP) is 5.21. The first-order valence-electron chi connectivity index (χ1n) is 10.3. The van der Waals surface area contributed by atoms with Crippen molar-refractivity contribution in [3.63, 3.8) is 0 Å². The zero-order valence-corrected chi connectivity index (χ0v) is 18.3. The lowest BCUT2D eigenvalue weighted by Gasteiger charge is -2.09. The molecule has 0 saturated heterocycles. The van der Waals surface area contributed by atoms with E-state index >= 15 is 0 Å². The summed E-state index contributed by atoms with van der Waals surface area (Å²) in [7, 11) is 0. The third kappa shape index (κ3) is 6.10. The number of nitrogens with one attached hydrogen (secondary N) is 3. The number of benzene rings is 1. The number of anilines is 3. The van der Waals surface area contributed by atoms with Crippen molar-refractivity contribution in [1.29, 1.82) is 5.26 Å². The van der Waals surface area contributed by atoms with Gasteiger partial charge in [0.05, 0.1) is 16.4 Å². The number of aromatic amines is 1. The molecule has 0 atom stereocenters. The molecule has 0 aliphatic rings. The minimum Gasteiger partial charge on any atom is -0.326 e. The van der Waals surface area contributed by atoms with Crippen LogP contribution >= 0.6 is 11.6 Å². The number of rotatable bonds is 9. The Balaban J connectivity index is 1.78. The fraction of sp³-hybridized carbons (Fsp3) is 0.250. The van der Waals surface area contributed by atoms with Crippen LogP contribution in [-0.2, 0) is 4.79 Å². The lowest BCUT2D eigenvalue weighted by atomic mass is 10.1. The van der Waals surface area contributed by atoms with E-state index in [0.717, 1.165) is 25.7 Å². The summed E-state index contributed by atoms with van der Waals surface area (Å²) in [4.78, 5) is 31.4. The van der Waals surface area contributed by atoms with Crippen molar-refractivity contribution in [3.8, 4) is 17.3 Å². The molecule has 0 aliphatic heterocycles. The van der Waals surface area contributed by atoms with Crippen LogP contribution < -0.4 is 16.2 Å². The molecule has 0 saturated carbocycles. The molecule has 1 amide bonds. The molecule has 0 unspecified atom stereocenters. The van der Waals surface area contributed by atoms with E-state index in [-0.39, 0.29) is 23.1 Å². The molecule has 0 bridgehead atoms. The van der Waals surface area contributed by atoms with Crippen LogP contribution in [0.3, 0.4) is 0 Å². The number of hydrogen-bond acceptors (Lipinski definition) is 5. The minimum absolute atomic E-state index is 0.0386. The van der Waals surface area contributed by atoms with Gasteiger partial charge in [0.15, 0.2) is 0 Å². The second kappa shape index (κ2) is 11.0. The number of H-pyrrole nitrogens is 1. The molecule has 3 aromatic rings. The Morgan fingerprint density at radius 1 is 1.16 bits per heavy atom. The van der Waals surface area contributed by atoms with Gasteiger partial charge in [0.1, 0.15) is 11.6 Å². The van der Waals surface area contributed by atoms with Crippen LogP contribution in [0.25, 0.3) is 11.3 Å². The van der Waals surface area contributed by atoms with Gasteiger partial charge in [-0.15, -0.1) is 0 Å². The third-order valence-electron chi connectivity index (χ3n) is 4.70. The molecule has 8 heteroatoms. The van der Waals surface area contributed by atoms with E-state index in [9.17, 15) is 14.9 Å². The largest absolute Gasteiger partial charge is 0.326 e. The van der Waals surface area contributed by atoms with E-state index in [0.29, 0.717) is 28.4 Å². The molecule has 0 aliphatic carbocycles. The van der Waals surface area contributed by atoms with Crippen LogP contribution in [0.4, 0.5) is 17.3 Å². The maximum atomic E-state index is 12.4. The molecule has 3 rings (SSSR count).